The van der Waals surface area contributed by atoms with Crippen LogP contribution in [-0.2, 0) is 9.59 Å². The Morgan fingerprint density at radius 2 is 1.87 bits per heavy atom. The molecule has 8 heteroatoms. The van der Waals surface area contributed by atoms with Gasteiger partial charge in [-0.15, -0.1) is 0 Å². The average molecular weight is 225 g/mol. The molecule has 0 fully saturated rings. The molecule has 5 N–H and O–H groups in total. The highest BCUT2D eigenvalue weighted by Crippen LogP contribution is 2.09. The number of hydrogen-bond acceptors (Lipinski definition) is 4. The largest absolute Gasteiger partial charge is 0.390 e. The van der Waals surface area contributed by atoms with Gasteiger partial charge in [-0.05, 0) is 0 Å². The first-order valence-electron chi connectivity index (χ1n) is 4.13. The minimum Gasteiger partial charge on any atom is -0.390 e. The van der Waals surface area contributed by atoms with Crippen molar-refractivity contribution in [1.29, 1.82) is 0 Å². The van der Waals surface area contributed by atoms with E-state index in [2.05, 4.69) is 5.32 Å². The van der Waals surface area contributed by atoms with Gasteiger partial charge in [0, 0.05) is 0 Å². The van der Waals surface area contributed by atoms with Gasteiger partial charge in [-0.2, -0.15) is 0 Å². The number of alkyl halides is 2. The molecule has 0 atom stereocenters. The summed E-state index contributed by atoms with van der Waals surface area (Å²) in [6, 6.07) is 0. The Morgan fingerprint density at radius 3 is 2.33 bits per heavy atom. The van der Waals surface area contributed by atoms with E-state index in [-0.39, 0.29) is 6.54 Å². The van der Waals surface area contributed by atoms with Crippen LogP contribution in [0.4, 0.5) is 8.78 Å². The van der Waals surface area contributed by atoms with Crippen LogP contribution in [0.5, 0.6) is 0 Å². The number of nitrogens with two attached hydrogens (primary N) is 1. The maximum atomic E-state index is 12.4. The van der Waals surface area contributed by atoms with Crippen molar-refractivity contribution in [3.8, 4) is 0 Å². The standard InChI is InChI=1S/C7H13F2N3O3/c8-7(9,4-13)3-12-6(15)2-11-5(14)1-10/h13H,1-4,10H2,(H,11,14)(H,12,15). The summed E-state index contributed by atoms with van der Waals surface area (Å²) in [5, 5.41) is 12.1. The quantitative estimate of drug-likeness (QED) is 0.412. The predicted molar refractivity (Wildman–Crippen MR) is 47.1 cm³/mol. The van der Waals surface area contributed by atoms with Gasteiger partial charge in [0.15, 0.2) is 0 Å². The molecule has 6 nitrogen and oxygen atoms in total. The second-order valence-electron chi connectivity index (χ2n) is 2.77. The molecule has 0 aliphatic carbocycles. The molecule has 0 aliphatic rings. The van der Waals surface area contributed by atoms with Gasteiger partial charge in [-0.3, -0.25) is 9.59 Å². The number of aliphatic hydroxyl groups is 1. The Hall–Kier alpha value is -1.28. The third-order valence-electron chi connectivity index (χ3n) is 1.41. The molecule has 0 heterocycles. The molecule has 15 heavy (non-hydrogen) atoms. The van der Waals surface area contributed by atoms with E-state index in [4.69, 9.17) is 10.8 Å². The van der Waals surface area contributed by atoms with Gasteiger partial charge >= 0.3 is 0 Å². The summed E-state index contributed by atoms with van der Waals surface area (Å²) in [7, 11) is 0. The number of aliphatic hydroxyl groups excluding tert-OH is 1. The van der Waals surface area contributed by atoms with Crippen molar-refractivity contribution >= 4 is 11.8 Å². The van der Waals surface area contributed by atoms with Crippen LogP contribution in [-0.4, -0.2) is 49.1 Å². The second kappa shape index (κ2) is 6.25. The zero-order valence-corrected chi connectivity index (χ0v) is 7.93. The topological polar surface area (TPSA) is 104 Å². The number of nitrogens with one attached hydrogen (secondary N) is 2. The van der Waals surface area contributed by atoms with Crippen LogP contribution in [0.3, 0.4) is 0 Å². The molecule has 0 aromatic heterocycles. The van der Waals surface area contributed by atoms with E-state index < -0.39 is 37.4 Å². The van der Waals surface area contributed by atoms with Gasteiger partial charge in [-0.1, -0.05) is 0 Å². The van der Waals surface area contributed by atoms with E-state index >= 15 is 0 Å². The fourth-order valence-electron chi connectivity index (χ4n) is 0.597. The lowest BCUT2D eigenvalue weighted by Gasteiger charge is -2.13. The Kier molecular flexibility index (Phi) is 5.72. The maximum Gasteiger partial charge on any atom is 0.287 e. The summed E-state index contributed by atoms with van der Waals surface area (Å²) < 4.78 is 24.8. The molecule has 2 amide bonds. The molecule has 0 unspecified atom stereocenters. The van der Waals surface area contributed by atoms with E-state index in [1.54, 1.807) is 0 Å². The molecular formula is C7H13F2N3O3. The number of carbonyl (C=O) groups excluding carboxylic acids is 2. The van der Waals surface area contributed by atoms with Crippen LogP contribution in [0.25, 0.3) is 0 Å². The van der Waals surface area contributed by atoms with Gasteiger partial charge < -0.3 is 21.5 Å². The normalized spacial score (nSPS) is 10.9. The van der Waals surface area contributed by atoms with Crippen LogP contribution in [0, 0.1) is 0 Å². The molecule has 0 bridgehead atoms. The second-order valence-corrected chi connectivity index (χ2v) is 2.77. The van der Waals surface area contributed by atoms with Crippen molar-refractivity contribution in [1.82, 2.24) is 10.6 Å². The van der Waals surface area contributed by atoms with E-state index in [9.17, 15) is 18.4 Å². The Morgan fingerprint density at radius 1 is 1.27 bits per heavy atom. The first-order chi connectivity index (χ1) is 6.91. The van der Waals surface area contributed by atoms with Crippen LogP contribution in [0.1, 0.15) is 0 Å². The van der Waals surface area contributed by atoms with Crippen molar-refractivity contribution in [2.24, 2.45) is 5.73 Å². The molecular weight excluding hydrogens is 212 g/mol. The molecule has 0 aromatic carbocycles. The molecule has 0 rings (SSSR count). The minimum atomic E-state index is -3.35. The summed E-state index contributed by atoms with van der Waals surface area (Å²) >= 11 is 0. The highest BCUT2D eigenvalue weighted by atomic mass is 19.3. The summed E-state index contributed by atoms with van der Waals surface area (Å²) in [6.45, 7) is -3.01. The number of halogens is 2. The first-order valence-corrected chi connectivity index (χ1v) is 4.13. The molecule has 0 radical (unpaired) electrons. The minimum absolute atomic E-state index is 0.278. The lowest BCUT2D eigenvalue weighted by atomic mass is 10.3. The van der Waals surface area contributed by atoms with Crippen molar-refractivity contribution in [3.63, 3.8) is 0 Å². The SMILES string of the molecule is NCC(=O)NCC(=O)NCC(F)(F)CO. The Labute approximate surface area is 84.8 Å². The van der Waals surface area contributed by atoms with E-state index in [0.29, 0.717) is 0 Å². The van der Waals surface area contributed by atoms with Crippen LogP contribution in [0.15, 0.2) is 0 Å². The number of carbonyl (C=O) groups is 2. The van der Waals surface area contributed by atoms with Gasteiger partial charge in [0.25, 0.3) is 5.92 Å². The number of rotatable bonds is 6. The molecule has 0 saturated heterocycles. The summed E-state index contributed by atoms with van der Waals surface area (Å²) in [4.78, 5) is 21.4. The highest BCUT2D eigenvalue weighted by Gasteiger charge is 2.27. The van der Waals surface area contributed by atoms with E-state index in [1.165, 1.54) is 0 Å². The number of amides is 2. The van der Waals surface area contributed by atoms with Crippen LogP contribution >= 0.6 is 0 Å². The number of hydrogen-bond donors (Lipinski definition) is 4. The summed E-state index contributed by atoms with van der Waals surface area (Å²) in [5.41, 5.74) is 4.93. The Balaban J connectivity index is 3.71. The molecule has 0 saturated carbocycles. The van der Waals surface area contributed by atoms with Gasteiger partial charge in [0.1, 0.15) is 6.61 Å². The maximum absolute atomic E-state index is 12.4. The zero-order valence-electron chi connectivity index (χ0n) is 7.93. The third-order valence-corrected chi connectivity index (χ3v) is 1.41. The molecule has 0 aromatic rings. The molecule has 0 spiro atoms. The summed E-state index contributed by atoms with van der Waals surface area (Å²) in [6.07, 6.45) is 0. The van der Waals surface area contributed by atoms with Gasteiger partial charge in [0.05, 0.1) is 19.6 Å². The lowest BCUT2D eigenvalue weighted by molar-refractivity contribution is -0.126. The molecule has 88 valence electrons. The first kappa shape index (κ1) is 13.7. The van der Waals surface area contributed by atoms with Crippen molar-refractivity contribution in [2.75, 3.05) is 26.2 Å². The van der Waals surface area contributed by atoms with Crippen molar-refractivity contribution < 1.29 is 23.5 Å². The zero-order chi connectivity index (χ0) is 11.9. The monoisotopic (exact) mass is 225 g/mol. The fraction of sp³-hybridized carbons (Fsp3) is 0.714. The van der Waals surface area contributed by atoms with Gasteiger partial charge in [-0.25, -0.2) is 8.78 Å². The lowest BCUT2D eigenvalue weighted by Crippen LogP contribution is -2.44. The van der Waals surface area contributed by atoms with Crippen molar-refractivity contribution in [2.45, 2.75) is 5.92 Å². The van der Waals surface area contributed by atoms with E-state index in [1.807, 2.05) is 5.32 Å². The molecule has 0 aliphatic heterocycles. The fourth-order valence-corrected chi connectivity index (χ4v) is 0.597. The smallest absolute Gasteiger partial charge is 0.287 e. The predicted octanol–water partition coefficient (Wildman–Crippen LogP) is -2.19. The van der Waals surface area contributed by atoms with E-state index in [0.717, 1.165) is 0 Å². The summed E-state index contributed by atoms with van der Waals surface area (Å²) in [5.74, 6) is -4.68. The third kappa shape index (κ3) is 6.75. The average Bonchev–Trinajstić information content (AvgIpc) is 2.23. The highest BCUT2D eigenvalue weighted by molar-refractivity contribution is 5.85. The van der Waals surface area contributed by atoms with Crippen LogP contribution in [0.2, 0.25) is 0 Å². The van der Waals surface area contributed by atoms with Gasteiger partial charge in [0.2, 0.25) is 11.8 Å². The Bertz CT molecular complexity index is 236. The van der Waals surface area contributed by atoms with Crippen molar-refractivity contribution in [3.05, 3.63) is 0 Å². The van der Waals surface area contributed by atoms with Crippen LogP contribution < -0.4 is 16.4 Å².